The smallest absolute Gasteiger partial charge is 0.264 e. The minimum absolute atomic E-state index is 0.0196. The SMILES string of the molecule is Cc1ccc(S(=O)(=O)N(CC(=O)Nc2ccc3c(c2)N(S(=O)(=O)c2ccc(Cl)cc2)CC3)Cc2ccc(Br)cc2)cc1. The molecule has 1 aliphatic heterocycles. The van der Waals surface area contributed by atoms with Crippen LogP contribution in [0.15, 0.2) is 105 Å². The maximum atomic E-state index is 13.6. The van der Waals surface area contributed by atoms with Gasteiger partial charge in [0.1, 0.15) is 0 Å². The largest absolute Gasteiger partial charge is 0.325 e. The molecule has 1 N–H and O–H groups in total. The first-order valence-corrected chi connectivity index (χ1v) is 17.0. The first kappa shape index (κ1) is 30.2. The molecule has 0 aliphatic carbocycles. The number of halogens is 2. The van der Waals surface area contributed by atoms with Crippen LogP contribution in [0.3, 0.4) is 0 Å². The Morgan fingerprint density at radius 1 is 0.905 bits per heavy atom. The highest BCUT2D eigenvalue weighted by Crippen LogP contribution is 2.35. The van der Waals surface area contributed by atoms with E-state index in [9.17, 15) is 21.6 Å². The van der Waals surface area contributed by atoms with Gasteiger partial charge in [0.15, 0.2) is 0 Å². The Labute approximate surface area is 259 Å². The normalized spacial score (nSPS) is 13.3. The average Bonchev–Trinajstić information content (AvgIpc) is 3.38. The van der Waals surface area contributed by atoms with Crippen LogP contribution < -0.4 is 9.62 Å². The molecule has 0 atom stereocenters. The summed E-state index contributed by atoms with van der Waals surface area (Å²) in [5, 5.41) is 3.19. The number of benzene rings is 4. The molecule has 1 heterocycles. The number of rotatable bonds is 9. The minimum atomic E-state index is -4.02. The molecular formula is C30H27BrClN3O5S2. The van der Waals surface area contributed by atoms with Gasteiger partial charge < -0.3 is 5.32 Å². The summed E-state index contributed by atoms with van der Waals surface area (Å²) in [6.45, 7) is 1.65. The molecule has 12 heteroatoms. The lowest BCUT2D eigenvalue weighted by atomic mass is 10.1. The van der Waals surface area contributed by atoms with Crippen molar-refractivity contribution in [2.24, 2.45) is 0 Å². The number of carbonyl (C=O) groups excluding carboxylic acids is 1. The van der Waals surface area contributed by atoms with Gasteiger partial charge in [0.2, 0.25) is 15.9 Å². The Balaban J connectivity index is 1.39. The number of sulfonamides is 2. The summed E-state index contributed by atoms with van der Waals surface area (Å²) < 4.78 is 57.3. The molecule has 0 bridgehead atoms. The van der Waals surface area contributed by atoms with Crippen molar-refractivity contribution in [1.82, 2.24) is 4.31 Å². The third-order valence-electron chi connectivity index (χ3n) is 6.87. The second-order valence-electron chi connectivity index (χ2n) is 9.89. The van der Waals surface area contributed by atoms with Crippen LogP contribution in [0.4, 0.5) is 11.4 Å². The van der Waals surface area contributed by atoms with Crippen molar-refractivity contribution in [3.63, 3.8) is 0 Å². The fourth-order valence-electron chi connectivity index (χ4n) is 4.65. The van der Waals surface area contributed by atoms with Gasteiger partial charge in [-0.15, -0.1) is 0 Å². The Morgan fingerprint density at radius 3 is 2.21 bits per heavy atom. The molecule has 1 aliphatic rings. The molecular weight excluding hydrogens is 662 g/mol. The predicted octanol–water partition coefficient (Wildman–Crippen LogP) is 5.99. The summed E-state index contributed by atoms with van der Waals surface area (Å²) in [5.41, 5.74) is 3.26. The molecule has 0 unspecified atom stereocenters. The van der Waals surface area contributed by atoms with E-state index in [-0.39, 0.29) is 22.9 Å². The zero-order valence-electron chi connectivity index (χ0n) is 22.5. The number of aryl methyl sites for hydroxylation is 1. The molecule has 0 fully saturated rings. The average molecular weight is 689 g/mol. The van der Waals surface area contributed by atoms with Crippen LogP contribution in [0.2, 0.25) is 5.02 Å². The molecule has 218 valence electrons. The van der Waals surface area contributed by atoms with Crippen LogP contribution in [0.1, 0.15) is 16.7 Å². The lowest BCUT2D eigenvalue weighted by Crippen LogP contribution is -2.37. The predicted molar refractivity (Wildman–Crippen MR) is 168 cm³/mol. The number of fused-ring (bicyclic) bond motifs is 1. The Kier molecular flexibility index (Phi) is 8.77. The highest BCUT2D eigenvalue weighted by molar-refractivity contribution is 9.10. The van der Waals surface area contributed by atoms with Crippen LogP contribution in [0.25, 0.3) is 0 Å². The van der Waals surface area contributed by atoms with Crippen molar-refractivity contribution < 1.29 is 21.6 Å². The van der Waals surface area contributed by atoms with E-state index in [1.165, 1.54) is 40.7 Å². The summed E-state index contributed by atoms with van der Waals surface area (Å²) >= 11 is 9.32. The summed E-state index contributed by atoms with van der Waals surface area (Å²) in [6.07, 6.45) is 0.520. The molecule has 8 nitrogen and oxygen atoms in total. The van der Waals surface area contributed by atoms with E-state index in [4.69, 9.17) is 11.6 Å². The number of hydrogen-bond donors (Lipinski definition) is 1. The molecule has 0 saturated carbocycles. The number of carbonyl (C=O) groups is 1. The molecule has 42 heavy (non-hydrogen) atoms. The highest BCUT2D eigenvalue weighted by atomic mass is 79.9. The fourth-order valence-corrected chi connectivity index (χ4v) is 7.92. The Hall–Kier alpha value is -3.22. The molecule has 1 amide bonds. The molecule has 0 aromatic heterocycles. The van der Waals surface area contributed by atoms with Gasteiger partial charge in [-0.25, -0.2) is 16.8 Å². The van der Waals surface area contributed by atoms with E-state index in [1.807, 2.05) is 6.92 Å². The van der Waals surface area contributed by atoms with E-state index in [2.05, 4.69) is 21.2 Å². The topological polar surface area (TPSA) is 104 Å². The minimum Gasteiger partial charge on any atom is -0.325 e. The van der Waals surface area contributed by atoms with Gasteiger partial charge in [0.25, 0.3) is 10.0 Å². The summed E-state index contributed by atoms with van der Waals surface area (Å²) in [6, 6.07) is 24.6. The van der Waals surface area contributed by atoms with Gasteiger partial charge in [0, 0.05) is 28.3 Å². The zero-order chi connectivity index (χ0) is 30.1. The van der Waals surface area contributed by atoms with Crippen molar-refractivity contribution in [3.8, 4) is 0 Å². The summed E-state index contributed by atoms with van der Waals surface area (Å²) in [5.74, 6) is -0.562. The van der Waals surface area contributed by atoms with Crippen LogP contribution in [0, 0.1) is 6.92 Å². The maximum Gasteiger partial charge on any atom is 0.264 e. The first-order valence-electron chi connectivity index (χ1n) is 13.0. The van der Waals surface area contributed by atoms with Crippen LogP contribution in [0.5, 0.6) is 0 Å². The van der Waals surface area contributed by atoms with Gasteiger partial charge >= 0.3 is 0 Å². The zero-order valence-corrected chi connectivity index (χ0v) is 26.5. The van der Waals surface area contributed by atoms with Gasteiger partial charge in [-0.05, 0) is 85.1 Å². The van der Waals surface area contributed by atoms with Crippen LogP contribution in [-0.2, 0) is 37.8 Å². The van der Waals surface area contributed by atoms with Crippen molar-refractivity contribution in [3.05, 3.63) is 117 Å². The van der Waals surface area contributed by atoms with Crippen molar-refractivity contribution in [2.45, 2.75) is 29.7 Å². The van der Waals surface area contributed by atoms with Crippen molar-refractivity contribution >= 4 is 64.9 Å². The maximum absolute atomic E-state index is 13.6. The molecule has 0 radical (unpaired) electrons. The van der Waals surface area contributed by atoms with Gasteiger partial charge in [-0.1, -0.05) is 63.4 Å². The van der Waals surface area contributed by atoms with Crippen molar-refractivity contribution in [1.29, 1.82) is 0 Å². The van der Waals surface area contributed by atoms with Crippen molar-refractivity contribution in [2.75, 3.05) is 22.7 Å². The van der Waals surface area contributed by atoms with Gasteiger partial charge in [0.05, 0.1) is 22.0 Å². The third-order valence-corrected chi connectivity index (χ3v) is 11.3. The molecule has 4 aromatic rings. The molecule has 0 saturated heterocycles. The summed E-state index contributed by atoms with van der Waals surface area (Å²) in [7, 11) is -7.87. The standard InChI is InChI=1S/C30H27BrClN3O5S2/c1-21-2-12-27(13-3-21)41(37,38)34(19-22-4-7-24(31)8-5-22)20-30(36)33-26-11-6-23-16-17-35(29(23)18-26)42(39,40)28-14-9-25(32)10-15-28/h2-15,18H,16-17,19-20H2,1H3,(H,33,36). The Bertz CT molecular complexity index is 1830. The highest BCUT2D eigenvalue weighted by Gasteiger charge is 2.32. The van der Waals surface area contributed by atoms with E-state index in [0.717, 1.165) is 19.9 Å². The van der Waals surface area contributed by atoms with Gasteiger partial charge in [-0.3, -0.25) is 9.10 Å². The fraction of sp³-hybridized carbons (Fsp3) is 0.167. The third kappa shape index (κ3) is 6.55. The van der Waals surface area contributed by atoms with E-state index in [0.29, 0.717) is 28.4 Å². The summed E-state index contributed by atoms with van der Waals surface area (Å²) in [4.78, 5) is 13.5. The molecule has 5 rings (SSSR count). The first-order chi connectivity index (χ1) is 19.9. The number of amides is 1. The monoisotopic (exact) mass is 687 g/mol. The second kappa shape index (κ2) is 12.2. The number of hydrogen-bond acceptors (Lipinski definition) is 5. The molecule has 4 aromatic carbocycles. The lowest BCUT2D eigenvalue weighted by Gasteiger charge is -2.23. The molecule has 0 spiro atoms. The van der Waals surface area contributed by atoms with Crippen LogP contribution in [-0.4, -0.2) is 40.1 Å². The van der Waals surface area contributed by atoms with E-state index in [1.54, 1.807) is 54.6 Å². The number of nitrogens with one attached hydrogen (secondary N) is 1. The van der Waals surface area contributed by atoms with E-state index < -0.39 is 32.5 Å². The quantitative estimate of drug-likeness (QED) is 0.233. The van der Waals surface area contributed by atoms with Crippen LogP contribution >= 0.6 is 27.5 Å². The lowest BCUT2D eigenvalue weighted by molar-refractivity contribution is -0.116. The van der Waals surface area contributed by atoms with Gasteiger partial charge in [-0.2, -0.15) is 4.31 Å². The number of nitrogens with zero attached hydrogens (tertiary/aromatic N) is 2. The second-order valence-corrected chi connectivity index (χ2v) is 15.0. The Morgan fingerprint density at radius 2 is 1.55 bits per heavy atom. The van der Waals surface area contributed by atoms with E-state index >= 15 is 0 Å². The number of anilines is 2.